The Labute approximate surface area is 104 Å². The van der Waals surface area contributed by atoms with Crippen LogP contribution in [0.25, 0.3) is 22.9 Å². The van der Waals surface area contributed by atoms with Crippen LogP contribution in [0.3, 0.4) is 0 Å². The third kappa shape index (κ3) is 1.83. The highest BCUT2D eigenvalue weighted by Gasteiger charge is 2.04. The zero-order chi connectivity index (χ0) is 11.5. The van der Waals surface area contributed by atoms with Crippen LogP contribution in [0.5, 0.6) is 0 Å². The lowest BCUT2D eigenvalue weighted by Crippen LogP contribution is -1.84. The average molecular weight is 273 g/mol. The van der Waals surface area contributed by atoms with Crippen molar-refractivity contribution in [1.29, 1.82) is 0 Å². The number of halogens is 1. The first-order valence-electron chi connectivity index (χ1n) is 5.24. The minimum Gasteiger partial charge on any atom is -0.0984 e. The predicted octanol–water partition coefficient (Wildman–Crippen LogP) is 5.28. The summed E-state index contributed by atoms with van der Waals surface area (Å²) in [6, 6.07) is 10.5. The second kappa shape index (κ2) is 4.67. The van der Waals surface area contributed by atoms with E-state index in [4.69, 9.17) is 0 Å². The van der Waals surface area contributed by atoms with Crippen molar-refractivity contribution >= 4 is 38.9 Å². The lowest BCUT2D eigenvalue weighted by molar-refractivity contribution is 1.64. The molecule has 0 unspecified atom stereocenters. The standard InChI is InChI=1S/C15H13Br/c1-3-6-12-11(4-2)9-10-14-13(12)7-5-8-15(14)16/h3-10H,2H2,1H3/b6-3-. The third-order valence-corrected chi connectivity index (χ3v) is 3.33. The van der Waals surface area contributed by atoms with Crippen molar-refractivity contribution < 1.29 is 0 Å². The second-order valence-electron chi connectivity index (χ2n) is 3.61. The van der Waals surface area contributed by atoms with Gasteiger partial charge in [0.2, 0.25) is 0 Å². The summed E-state index contributed by atoms with van der Waals surface area (Å²) in [5, 5.41) is 2.49. The number of fused-ring (bicyclic) bond motifs is 1. The fourth-order valence-electron chi connectivity index (χ4n) is 1.89. The molecule has 0 spiro atoms. The number of hydrogen-bond acceptors (Lipinski definition) is 0. The van der Waals surface area contributed by atoms with Gasteiger partial charge in [0.1, 0.15) is 0 Å². The summed E-state index contributed by atoms with van der Waals surface area (Å²) in [6.07, 6.45) is 6.09. The fourth-order valence-corrected chi connectivity index (χ4v) is 2.39. The molecule has 0 radical (unpaired) electrons. The van der Waals surface area contributed by atoms with Crippen LogP contribution in [0.15, 0.2) is 47.5 Å². The molecule has 0 saturated carbocycles. The van der Waals surface area contributed by atoms with Gasteiger partial charge in [0.05, 0.1) is 0 Å². The van der Waals surface area contributed by atoms with Gasteiger partial charge in [-0.25, -0.2) is 0 Å². The van der Waals surface area contributed by atoms with E-state index in [2.05, 4.69) is 65.0 Å². The van der Waals surface area contributed by atoms with Gasteiger partial charge in [-0.15, -0.1) is 0 Å². The smallest absolute Gasteiger partial charge is 0.0253 e. The van der Waals surface area contributed by atoms with E-state index in [1.54, 1.807) is 0 Å². The highest BCUT2D eigenvalue weighted by molar-refractivity contribution is 9.10. The van der Waals surface area contributed by atoms with Gasteiger partial charge in [0.25, 0.3) is 0 Å². The van der Waals surface area contributed by atoms with E-state index in [0.717, 1.165) is 4.47 Å². The van der Waals surface area contributed by atoms with Gasteiger partial charge < -0.3 is 0 Å². The molecule has 2 rings (SSSR count). The van der Waals surface area contributed by atoms with Crippen LogP contribution in [-0.2, 0) is 0 Å². The first-order chi connectivity index (χ1) is 7.77. The van der Waals surface area contributed by atoms with Crippen molar-refractivity contribution in [3.05, 3.63) is 58.6 Å². The van der Waals surface area contributed by atoms with Gasteiger partial charge in [0, 0.05) is 4.47 Å². The van der Waals surface area contributed by atoms with Crippen molar-refractivity contribution in [3.8, 4) is 0 Å². The van der Waals surface area contributed by atoms with Crippen molar-refractivity contribution in [2.45, 2.75) is 6.92 Å². The molecule has 0 aliphatic heterocycles. The van der Waals surface area contributed by atoms with E-state index in [1.807, 2.05) is 13.0 Å². The SMILES string of the molecule is C=Cc1ccc2c(Br)cccc2c1/C=C\C. The number of allylic oxidation sites excluding steroid dienone is 1. The monoisotopic (exact) mass is 272 g/mol. The maximum absolute atomic E-state index is 3.86. The normalized spacial score (nSPS) is 11.1. The summed E-state index contributed by atoms with van der Waals surface area (Å²) in [4.78, 5) is 0. The van der Waals surface area contributed by atoms with Crippen molar-refractivity contribution in [3.63, 3.8) is 0 Å². The number of hydrogen-bond donors (Lipinski definition) is 0. The predicted molar refractivity (Wildman–Crippen MR) is 76.4 cm³/mol. The third-order valence-electron chi connectivity index (χ3n) is 2.64. The molecule has 0 N–H and O–H groups in total. The highest BCUT2D eigenvalue weighted by atomic mass is 79.9. The van der Waals surface area contributed by atoms with Crippen LogP contribution in [0.4, 0.5) is 0 Å². The Morgan fingerprint density at radius 3 is 2.62 bits per heavy atom. The summed E-state index contributed by atoms with van der Waals surface area (Å²) < 4.78 is 1.13. The molecule has 0 aromatic heterocycles. The molecule has 80 valence electrons. The molecule has 0 aliphatic rings. The molecule has 0 nitrogen and oxygen atoms in total. The largest absolute Gasteiger partial charge is 0.0984 e. The maximum Gasteiger partial charge on any atom is 0.0253 e. The van der Waals surface area contributed by atoms with Crippen molar-refractivity contribution in [1.82, 2.24) is 0 Å². The molecule has 0 aliphatic carbocycles. The lowest BCUT2D eigenvalue weighted by Gasteiger charge is -2.08. The molecule has 0 heterocycles. The molecular formula is C15H13Br. The van der Waals surface area contributed by atoms with Gasteiger partial charge in [-0.1, -0.05) is 65.0 Å². The van der Waals surface area contributed by atoms with E-state index >= 15 is 0 Å². The molecule has 2 aromatic rings. The zero-order valence-corrected chi connectivity index (χ0v) is 10.8. The Bertz CT molecular complexity index is 565. The zero-order valence-electron chi connectivity index (χ0n) is 9.20. The van der Waals surface area contributed by atoms with E-state index < -0.39 is 0 Å². The summed E-state index contributed by atoms with van der Waals surface area (Å²) >= 11 is 3.58. The molecule has 16 heavy (non-hydrogen) atoms. The molecule has 0 amide bonds. The first-order valence-corrected chi connectivity index (χ1v) is 6.03. The van der Waals surface area contributed by atoms with Crippen LogP contribution >= 0.6 is 15.9 Å². The summed E-state index contributed by atoms with van der Waals surface area (Å²) in [6.45, 7) is 5.89. The molecule has 1 heteroatoms. The Balaban J connectivity index is 2.89. The van der Waals surface area contributed by atoms with Crippen LogP contribution < -0.4 is 0 Å². The van der Waals surface area contributed by atoms with Crippen LogP contribution in [0.2, 0.25) is 0 Å². The van der Waals surface area contributed by atoms with Crippen LogP contribution in [0.1, 0.15) is 18.1 Å². The fraction of sp³-hybridized carbons (Fsp3) is 0.0667. The Hall–Kier alpha value is -1.34. The lowest BCUT2D eigenvalue weighted by atomic mass is 9.98. The maximum atomic E-state index is 3.86. The number of benzene rings is 2. The van der Waals surface area contributed by atoms with Gasteiger partial charge in [-0.3, -0.25) is 0 Å². The second-order valence-corrected chi connectivity index (χ2v) is 4.46. The minimum atomic E-state index is 1.13. The van der Waals surface area contributed by atoms with Crippen LogP contribution in [-0.4, -0.2) is 0 Å². The minimum absolute atomic E-state index is 1.13. The van der Waals surface area contributed by atoms with E-state index in [9.17, 15) is 0 Å². The van der Waals surface area contributed by atoms with Gasteiger partial charge in [-0.05, 0) is 34.9 Å². The Morgan fingerprint density at radius 2 is 1.94 bits per heavy atom. The Morgan fingerprint density at radius 1 is 1.12 bits per heavy atom. The van der Waals surface area contributed by atoms with E-state index in [0.29, 0.717) is 0 Å². The topological polar surface area (TPSA) is 0 Å². The molecule has 0 bridgehead atoms. The van der Waals surface area contributed by atoms with Crippen molar-refractivity contribution in [2.24, 2.45) is 0 Å². The average Bonchev–Trinajstić information content (AvgIpc) is 2.30. The number of rotatable bonds is 2. The Kier molecular flexibility index (Phi) is 3.25. The highest BCUT2D eigenvalue weighted by Crippen LogP contribution is 2.29. The van der Waals surface area contributed by atoms with Gasteiger partial charge in [0.15, 0.2) is 0 Å². The molecular weight excluding hydrogens is 260 g/mol. The molecule has 0 atom stereocenters. The van der Waals surface area contributed by atoms with Gasteiger partial charge >= 0.3 is 0 Å². The van der Waals surface area contributed by atoms with E-state index in [1.165, 1.54) is 21.9 Å². The molecule has 0 saturated heterocycles. The summed E-state index contributed by atoms with van der Waals surface area (Å²) in [7, 11) is 0. The summed E-state index contributed by atoms with van der Waals surface area (Å²) in [5.74, 6) is 0. The van der Waals surface area contributed by atoms with Crippen molar-refractivity contribution in [2.75, 3.05) is 0 Å². The van der Waals surface area contributed by atoms with E-state index in [-0.39, 0.29) is 0 Å². The van der Waals surface area contributed by atoms with Gasteiger partial charge in [-0.2, -0.15) is 0 Å². The first kappa shape index (κ1) is 11.2. The summed E-state index contributed by atoms with van der Waals surface area (Å²) in [5.41, 5.74) is 2.40. The van der Waals surface area contributed by atoms with Crippen LogP contribution in [0, 0.1) is 0 Å². The molecule has 2 aromatic carbocycles. The quantitative estimate of drug-likeness (QED) is 0.698. The molecule has 0 fully saturated rings.